The molecule has 0 aromatic heterocycles. The Bertz CT molecular complexity index is 216. The first-order valence-electron chi connectivity index (χ1n) is 8.98. The highest BCUT2D eigenvalue weighted by molar-refractivity contribution is 4.92. The van der Waals surface area contributed by atoms with Crippen LogP contribution in [0.5, 0.6) is 0 Å². The zero-order chi connectivity index (χ0) is 15.1. The molecule has 0 radical (unpaired) electrons. The molecule has 0 saturated carbocycles. The molecule has 20 heavy (non-hydrogen) atoms. The zero-order valence-electron chi connectivity index (χ0n) is 14.3. The van der Waals surface area contributed by atoms with Gasteiger partial charge in [-0.05, 0) is 39.5 Å². The van der Waals surface area contributed by atoms with Gasteiger partial charge < -0.3 is 5.11 Å². The number of rotatable bonds is 14. The molecular formula is C19H38O. The monoisotopic (exact) mass is 282 g/mol. The summed E-state index contributed by atoms with van der Waals surface area (Å²) < 4.78 is 0. The van der Waals surface area contributed by atoms with E-state index in [9.17, 15) is 5.11 Å². The van der Waals surface area contributed by atoms with E-state index in [1.165, 1.54) is 63.4 Å². The fourth-order valence-electron chi connectivity index (χ4n) is 2.58. The van der Waals surface area contributed by atoms with Crippen LogP contribution in [-0.2, 0) is 0 Å². The van der Waals surface area contributed by atoms with Crippen LogP contribution >= 0.6 is 0 Å². The minimum absolute atomic E-state index is 0.0647. The van der Waals surface area contributed by atoms with Crippen LogP contribution < -0.4 is 0 Å². The SMILES string of the molecule is CCCCCCCCCCC[C@@H](O)CCCC=C(C)C. The summed E-state index contributed by atoms with van der Waals surface area (Å²) in [6, 6.07) is 0. The van der Waals surface area contributed by atoms with Gasteiger partial charge in [0.05, 0.1) is 6.10 Å². The molecule has 0 aliphatic rings. The minimum Gasteiger partial charge on any atom is -0.393 e. The molecule has 0 aliphatic carbocycles. The summed E-state index contributed by atoms with van der Waals surface area (Å²) in [7, 11) is 0. The first-order valence-corrected chi connectivity index (χ1v) is 8.98. The number of aliphatic hydroxyl groups is 1. The topological polar surface area (TPSA) is 20.2 Å². The van der Waals surface area contributed by atoms with Crippen LogP contribution in [0.25, 0.3) is 0 Å². The highest BCUT2D eigenvalue weighted by atomic mass is 16.3. The third kappa shape index (κ3) is 15.8. The molecule has 1 N–H and O–H groups in total. The van der Waals surface area contributed by atoms with E-state index >= 15 is 0 Å². The lowest BCUT2D eigenvalue weighted by Gasteiger charge is -2.09. The second-order valence-electron chi connectivity index (χ2n) is 6.48. The molecule has 120 valence electrons. The van der Waals surface area contributed by atoms with Gasteiger partial charge in [-0.1, -0.05) is 76.4 Å². The van der Waals surface area contributed by atoms with E-state index in [1.54, 1.807) is 0 Å². The van der Waals surface area contributed by atoms with Crippen LogP contribution in [0, 0.1) is 0 Å². The van der Waals surface area contributed by atoms with Crippen molar-refractivity contribution in [3.63, 3.8) is 0 Å². The van der Waals surface area contributed by atoms with Gasteiger partial charge in [0, 0.05) is 0 Å². The summed E-state index contributed by atoms with van der Waals surface area (Å²) in [5.74, 6) is 0. The van der Waals surface area contributed by atoms with E-state index in [-0.39, 0.29) is 6.10 Å². The molecule has 0 rings (SSSR count). The highest BCUT2D eigenvalue weighted by Gasteiger charge is 2.03. The Morgan fingerprint density at radius 3 is 1.85 bits per heavy atom. The lowest BCUT2D eigenvalue weighted by molar-refractivity contribution is 0.148. The third-order valence-electron chi connectivity index (χ3n) is 3.93. The van der Waals surface area contributed by atoms with Crippen LogP contribution in [0.1, 0.15) is 104 Å². The molecule has 1 atom stereocenters. The Kier molecular flexibility index (Phi) is 14.9. The van der Waals surface area contributed by atoms with Crippen LogP contribution in [0.4, 0.5) is 0 Å². The molecule has 0 aromatic carbocycles. The van der Waals surface area contributed by atoms with Gasteiger partial charge in [-0.3, -0.25) is 0 Å². The molecule has 0 aromatic rings. The first kappa shape index (κ1) is 19.7. The summed E-state index contributed by atoms with van der Waals surface area (Å²) in [6.45, 7) is 6.54. The molecule has 0 amide bonds. The van der Waals surface area contributed by atoms with Gasteiger partial charge in [-0.2, -0.15) is 0 Å². The number of hydrogen-bond donors (Lipinski definition) is 1. The molecule has 0 fully saturated rings. The van der Waals surface area contributed by atoms with Gasteiger partial charge in [-0.15, -0.1) is 0 Å². The Balaban J connectivity index is 3.19. The van der Waals surface area contributed by atoms with Crippen molar-refractivity contribution < 1.29 is 5.11 Å². The van der Waals surface area contributed by atoms with Gasteiger partial charge in [-0.25, -0.2) is 0 Å². The molecular weight excluding hydrogens is 244 g/mol. The Hall–Kier alpha value is -0.300. The van der Waals surface area contributed by atoms with Gasteiger partial charge in [0.25, 0.3) is 0 Å². The van der Waals surface area contributed by atoms with E-state index in [0.717, 1.165) is 25.7 Å². The van der Waals surface area contributed by atoms with E-state index in [2.05, 4.69) is 26.8 Å². The summed E-state index contributed by atoms with van der Waals surface area (Å²) in [6.07, 6.45) is 18.7. The van der Waals surface area contributed by atoms with Crippen molar-refractivity contribution in [1.82, 2.24) is 0 Å². The second-order valence-corrected chi connectivity index (χ2v) is 6.48. The lowest BCUT2D eigenvalue weighted by Crippen LogP contribution is -2.05. The molecule has 0 unspecified atom stereocenters. The zero-order valence-corrected chi connectivity index (χ0v) is 14.3. The number of unbranched alkanes of at least 4 members (excludes halogenated alkanes) is 9. The summed E-state index contributed by atoms with van der Waals surface area (Å²) in [4.78, 5) is 0. The predicted octanol–water partition coefficient (Wildman–Crippen LogP) is 6.40. The number of allylic oxidation sites excluding steroid dienone is 2. The standard InChI is InChI=1S/C19H38O/c1-4-5-6-7-8-9-10-11-12-16-19(20)17-14-13-15-18(2)3/h15,19-20H,4-14,16-17H2,1-3H3/t19-/m1/s1. The molecule has 0 saturated heterocycles. The average molecular weight is 283 g/mol. The van der Waals surface area contributed by atoms with Crippen LogP contribution in [-0.4, -0.2) is 11.2 Å². The fourth-order valence-corrected chi connectivity index (χ4v) is 2.58. The van der Waals surface area contributed by atoms with E-state index < -0.39 is 0 Å². The maximum Gasteiger partial charge on any atom is 0.0540 e. The number of aliphatic hydroxyl groups excluding tert-OH is 1. The molecule has 0 aliphatic heterocycles. The molecule has 0 bridgehead atoms. The molecule has 1 heteroatoms. The first-order chi connectivity index (χ1) is 9.66. The predicted molar refractivity (Wildman–Crippen MR) is 91.1 cm³/mol. The maximum atomic E-state index is 9.89. The van der Waals surface area contributed by atoms with Gasteiger partial charge >= 0.3 is 0 Å². The fraction of sp³-hybridized carbons (Fsp3) is 0.895. The minimum atomic E-state index is -0.0647. The molecule has 0 spiro atoms. The molecule has 0 heterocycles. The smallest absolute Gasteiger partial charge is 0.0540 e. The lowest BCUT2D eigenvalue weighted by atomic mass is 10.0. The van der Waals surface area contributed by atoms with Crippen molar-refractivity contribution in [1.29, 1.82) is 0 Å². The highest BCUT2D eigenvalue weighted by Crippen LogP contribution is 2.13. The third-order valence-corrected chi connectivity index (χ3v) is 3.93. The normalized spacial score (nSPS) is 12.4. The summed E-state index contributed by atoms with van der Waals surface area (Å²) in [5, 5.41) is 9.89. The average Bonchev–Trinajstić information content (AvgIpc) is 2.41. The quantitative estimate of drug-likeness (QED) is 0.288. The largest absolute Gasteiger partial charge is 0.393 e. The Morgan fingerprint density at radius 2 is 1.30 bits per heavy atom. The van der Waals surface area contributed by atoms with Gasteiger partial charge in [0.2, 0.25) is 0 Å². The van der Waals surface area contributed by atoms with Crippen molar-refractivity contribution in [2.24, 2.45) is 0 Å². The van der Waals surface area contributed by atoms with Crippen molar-refractivity contribution in [2.75, 3.05) is 0 Å². The molecule has 1 nitrogen and oxygen atoms in total. The van der Waals surface area contributed by atoms with E-state index in [0.29, 0.717) is 0 Å². The number of hydrogen-bond acceptors (Lipinski definition) is 1. The van der Waals surface area contributed by atoms with Crippen LogP contribution in [0.15, 0.2) is 11.6 Å². The van der Waals surface area contributed by atoms with Crippen LogP contribution in [0.2, 0.25) is 0 Å². The Labute approximate surface area is 127 Å². The Morgan fingerprint density at radius 1 is 0.800 bits per heavy atom. The van der Waals surface area contributed by atoms with E-state index in [4.69, 9.17) is 0 Å². The van der Waals surface area contributed by atoms with Crippen LogP contribution in [0.3, 0.4) is 0 Å². The van der Waals surface area contributed by atoms with Gasteiger partial charge in [0.1, 0.15) is 0 Å². The maximum absolute atomic E-state index is 9.89. The summed E-state index contributed by atoms with van der Waals surface area (Å²) in [5.41, 5.74) is 1.39. The van der Waals surface area contributed by atoms with Crippen molar-refractivity contribution in [2.45, 2.75) is 110 Å². The second kappa shape index (κ2) is 15.1. The van der Waals surface area contributed by atoms with Crippen molar-refractivity contribution in [3.8, 4) is 0 Å². The summed E-state index contributed by atoms with van der Waals surface area (Å²) >= 11 is 0. The van der Waals surface area contributed by atoms with Crippen molar-refractivity contribution in [3.05, 3.63) is 11.6 Å². The van der Waals surface area contributed by atoms with E-state index in [1.807, 2.05) is 0 Å². The van der Waals surface area contributed by atoms with Gasteiger partial charge in [0.15, 0.2) is 0 Å². The van der Waals surface area contributed by atoms with Crippen molar-refractivity contribution >= 4 is 0 Å².